The van der Waals surface area contributed by atoms with Crippen molar-refractivity contribution in [2.75, 3.05) is 53.2 Å². The van der Waals surface area contributed by atoms with E-state index in [2.05, 4.69) is 4.90 Å². The normalized spacial score (nSPS) is 18.6. The lowest BCUT2D eigenvalue weighted by Gasteiger charge is -2.29. The van der Waals surface area contributed by atoms with Crippen molar-refractivity contribution in [3.8, 4) is 0 Å². The van der Waals surface area contributed by atoms with Crippen molar-refractivity contribution in [3.05, 3.63) is 0 Å². The van der Waals surface area contributed by atoms with Gasteiger partial charge in [0.2, 0.25) is 0 Å². The Morgan fingerprint density at radius 1 is 1.33 bits per heavy atom. The van der Waals surface area contributed by atoms with Crippen molar-refractivity contribution in [3.63, 3.8) is 0 Å². The zero-order valence-electron chi connectivity index (χ0n) is 9.65. The smallest absolute Gasteiger partial charge is 0.0589 e. The Labute approximate surface area is 92.2 Å². The molecule has 1 fully saturated rings. The standard InChI is InChI=1S/C11H23NO3/c1-14-9-5-12(4-6-13)10-11-2-7-15-8-3-11/h11,13H,2-10H2,1H3. The minimum atomic E-state index is 0.229. The number of hydrogen-bond donors (Lipinski definition) is 1. The van der Waals surface area contributed by atoms with E-state index in [0.717, 1.165) is 58.2 Å². The number of nitrogens with zero attached hydrogens (tertiary/aromatic N) is 1. The second-order valence-corrected chi connectivity index (χ2v) is 4.07. The maximum absolute atomic E-state index is 8.96. The van der Waals surface area contributed by atoms with Crippen molar-refractivity contribution in [1.82, 2.24) is 4.90 Å². The molecule has 0 amide bonds. The van der Waals surface area contributed by atoms with Crippen LogP contribution in [-0.4, -0.2) is 63.2 Å². The number of aliphatic hydroxyl groups excluding tert-OH is 1. The molecule has 90 valence electrons. The van der Waals surface area contributed by atoms with E-state index < -0.39 is 0 Å². The van der Waals surface area contributed by atoms with Crippen molar-refractivity contribution in [2.24, 2.45) is 5.92 Å². The number of methoxy groups -OCH3 is 1. The minimum Gasteiger partial charge on any atom is -0.395 e. The second kappa shape index (κ2) is 8.05. The maximum atomic E-state index is 8.96. The van der Waals surface area contributed by atoms with Crippen LogP contribution in [-0.2, 0) is 9.47 Å². The van der Waals surface area contributed by atoms with Crippen LogP contribution in [0.25, 0.3) is 0 Å². The van der Waals surface area contributed by atoms with Gasteiger partial charge in [-0.2, -0.15) is 0 Å². The molecule has 15 heavy (non-hydrogen) atoms. The number of aliphatic hydroxyl groups is 1. The summed E-state index contributed by atoms with van der Waals surface area (Å²) in [6.07, 6.45) is 2.30. The van der Waals surface area contributed by atoms with E-state index in [4.69, 9.17) is 14.6 Å². The first kappa shape index (κ1) is 12.9. The molecule has 1 saturated heterocycles. The molecule has 1 rings (SSSR count). The van der Waals surface area contributed by atoms with Gasteiger partial charge in [-0.3, -0.25) is 4.90 Å². The van der Waals surface area contributed by atoms with E-state index in [1.165, 1.54) is 0 Å². The molecule has 0 spiro atoms. The molecule has 1 heterocycles. The van der Waals surface area contributed by atoms with Gasteiger partial charge in [-0.15, -0.1) is 0 Å². The molecule has 0 saturated carbocycles. The summed E-state index contributed by atoms with van der Waals surface area (Å²) in [7, 11) is 1.71. The molecule has 4 heteroatoms. The summed E-state index contributed by atoms with van der Waals surface area (Å²) in [5.74, 6) is 0.724. The van der Waals surface area contributed by atoms with Gasteiger partial charge in [-0.1, -0.05) is 0 Å². The lowest BCUT2D eigenvalue weighted by atomic mass is 10.00. The van der Waals surface area contributed by atoms with Gasteiger partial charge in [-0.25, -0.2) is 0 Å². The third-order valence-corrected chi connectivity index (χ3v) is 2.89. The molecule has 4 nitrogen and oxygen atoms in total. The Morgan fingerprint density at radius 2 is 2.07 bits per heavy atom. The third-order valence-electron chi connectivity index (χ3n) is 2.89. The summed E-state index contributed by atoms with van der Waals surface area (Å²) < 4.78 is 10.4. The number of rotatable bonds is 7. The molecule has 0 aromatic rings. The largest absolute Gasteiger partial charge is 0.395 e. The highest BCUT2D eigenvalue weighted by Crippen LogP contribution is 2.15. The third kappa shape index (κ3) is 5.47. The van der Waals surface area contributed by atoms with Crippen LogP contribution < -0.4 is 0 Å². The SMILES string of the molecule is COCCN(CCO)CC1CCOCC1. The summed E-state index contributed by atoms with van der Waals surface area (Å²) in [5.41, 5.74) is 0. The molecule has 0 bridgehead atoms. The highest BCUT2D eigenvalue weighted by molar-refractivity contribution is 4.69. The van der Waals surface area contributed by atoms with E-state index >= 15 is 0 Å². The number of hydrogen-bond acceptors (Lipinski definition) is 4. The Balaban J connectivity index is 2.21. The summed E-state index contributed by atoms with van der Waals surface area (Å²) in [4.78, 5) is 2.28. The summed E-state index contributed by atoms with van der Waals surface area (Å²) in [6.45, 7) is 5.47. The van der Waals surface area contributed by atoms with Gasteiger partial charge in [0.05, 0.1) is 13.2 Å². The van der Waals surface area contributed by atoms with Crippen molar-refractivity contribution < 1.29 is 14.6 Å². The van der Waals surface area contributed by atoms with Gasteiger partial charge in [0.25, 0.3) is 0 Å². The predicted octanol–water partition coefficient (Wildman–Crippen LogP) is 0.354. The van der Waals surface area contributed by atoms with Crippen LogP contribution in [0.3, 0.4) is 0 Å². The van der Waals surface area contributed by atoms with Gasteiger partial charge in [0.1, 0.15) is 0 Å². The molecule has 1 aliphatic heterocycles. The topological polar surface area (TPSA) is 41.9 Å². The monoisotopic (exact) mass is 217 g/mol. The first-order valence-corrected chi connectivity index (χ1v) is 5.76. The average molecular weight is 217 g/mol. The quantitative estimate of drug-likeness (QED) is 0.668. The lowest BCUT2D eigenvalue weighted by Crippen LogP contribution is -2.36. The molecule has 1 aliphatic rings. The average Bonchev–Trinajstić information content (AvgIpc) is 2.28. The fourth-order valence-electron chi connectivity index (χ4n) is 1.95. The molecular formula is C11H23NO3. The maximum Gasteiger partial charge on any atom is 0.0589 e. The van der Waals surface area contributed by atoms with Crippen molar-refractivity contribution >= 4 is 0 Å². The van der Waals surface area contributed by atoms with E-state index in [1.807, 2.05) is 0 Å². The summed E-state index contributed by atoms with van der Waals surface area (Å²) in [5, 5.41) is 8.96. The second-order valence-electron chi connectivity index (χ2n) is 4.07. The summed E-state index contributed by atoms with van der Waals surface area (Å²) in [6, 6.07) is 0. The van der Waals surface area contributed by atoms with E-state index in [9.17, 15) is 0 Å². The zero-order valence-corrected chi connectivity index (χ0v) is 9.65. The van der Waals surface area contributed by atoms with Crippen LogP contribution >= 0.6 is 0 Å². The Hall–Kier alpha value is -0.160. The number of ether oxygens (including phenoxy) is 2. The van der Waals surface area contributed by atoms with Crippen LogP contribution in [0.4, 0.5) is 0 Å². The van der Waals surface area contributed by atoms with E-state index in [1.54, 1.807) is 7.11 Å². The summed E-state index contributed by atoms with van der Waals surface area (Å²) >= 11 is 0. The molecule has 0 atom stereocenters. The van der Waals surface area contributed by atoms with E-state index in [0.29, 0.717) is 0 Å². The molecule has 0 aliphatic carbocycles. The van der Waals surface area contributed by atoms with Gasteiger partial charge in [-0.05, 0) is 18.8 Å². The van der Waals surface area contributed by atoms with Gasteiger partial charge in [0.15, 0.2) is 0 Å². The van der Waals surface area contributed by atoms with Crippen LogP contribution in [0.15, 0.2) is 0 Å². The zero-order chi connectivity index (χ0) is 10.9. The van der Waals surface area contributed by atoms with Crippen LogP contribution in [0.1, 0.15) is 12.8 Å². The molecule has 0 unspecified atom stereocenters. The molecule has 0 radical (unpaired) electrons. The Morgan fingerprint density at radius 3 is 2.67 bits per heavy atom. The minimum absolute atomic E-state index is 0.229. The molecule has 1 N–H and O–H groups in total. The van der Waals surface area contributed by atoms with E-state index in [-0.39, 0.29) is 6.61 Å². The van der Waals surface area contributed by atoms with Crippen molar-refractivity contribution in [2.45, 2.75) is 12.8 Å². The molecule has 0 aromatic heterocycles. The first-order valence-electron chi connectivity index (χ1n) is 5.76. The van der Waals surface area contributed by atoms with Crippen LogP contribution in [0.5, 0.6) is 0 Å². The Bertz CT molecular complexity index is 149. The Kier molecular flexibility index (Phi) is 6.92. The van der Waals surface area contributed by atoms with Gasteiger partial charge in [0, 0.05) is 40.0 Å². The predicted molar refractivity (Wildman–Crippen MR) is 58.9 cm³/mol. The highest BCUT2D eigenvalue weighted by atomic mass is 16.5. The van der Waals surface area contributed by atoms with Crippen LogP contribution in [0.2, 0.25) is 0 Å². The van der Waals surface area contributed by atoms with Crippen LogP contribution in [0, 0.1) is 5.92 Å². The lowest BCUT2D eigenvalue weighted by molar-refractivity contribution is 0.0448. The first-order chi connectivity index (χ1) is 7.36. The molecule has 0 aromatic carbocycles. The van der Waals surface area contributed by atoms with Gasteiger partial charge < -0.3 is 14.6 Å². The van der Waals surface area contributed by atoms with Crippen molar-refractivity contribution in [1.29, 1.82) is 0 Å². The molecular weight excluding hydrogens is 194 g/mol. The fourth-order valence-corrected chi connectivity index (χ4v) is 1.95. The fraction of sp³-hybridized carbons (Fsp3) is 1.00. The van der Waals surface area contributed by atoms with Gasteiger partial charge >= 0.3 is 0 Å². The highest BCUT2D eigenvalue weighted by Gasteiger charge is 2.16.